The van der Waals surface area contributed by atoms with E-state index in [0.717, 1.165) is 5.56 Å². The van der Waals surface area contributed by atoms with Gasteiger partial charge in [0, 0.05) is 24.5 Å². The predicted molar refractivity (Wildman–Crippen MR) is 94.6 cm³/mol. The molecule has 0 fully saturated rings. The second-order valence-electron chi connectivity index (χ2n) is 5.83. The molecule has 1 aliphatic heterocycles. The van der Waals surface area contributed by atoms with Gasteiger partial charge in [-0.25, -0.2) is 9.37 Å². The van der Waals surface area contributed by atoms with Crippen LogP contribution in [0.3, 0.4) is 0 Å². The molecule has 0 saturated carbocycles. The van der Waals surface area contributed by atoms with Crippen LogP contribution in [0.15, 0.2) is 72.4 Å². The summed E-state index contributed by atoms with van der Waals surface area (Å²) in [6.07, 6.45) is 4.35. The van der Waals surface area contributed by atoms with Crippen LogP contribution in [0.5, 0.6) is 0 Å². The van der Waals surface area contributed by atoms with Crippen LogP contribution < -0.4 is 5.32 Å². The van der Waals surface area contributed by atoms with Crippen LogP contribution in [-0.4, -0.2) is 27.3 Å². The van der Waals surface area contributed by atoms with Crippen molar-refractivity contribution in [2.75, 3.05) is 5.32 Å². The van der Waals surface area contributed by atoms with E-state index < -0.39 is 11.9 Å². The van der Waals surface area contributed by atoms with Crippen LogP contribution in [0.1, 0.15) is 12.0 Å². The maximum Gasteiger partial charge on any atom is 0.268 e. The number of benzene rings is 2. The molecule has 1 aliphatic rings. The van der Waals surface area contributed by atoms with Gasteiger partial charge < -0.3 is 14.7 Å². The number of carbonyl (C=O) groups is 1. The van der Waals surface area contributed by atoms with E-state index in [1.807, 2.05) is 30.3 Å². The second-order valence-corrected chi connectivity index (χ2v) is 5.83. The Morgan fingerprint density at radius 1 is 1.23 bits per heavy atom. The quantitative estimate of drug-likeness (QED) is 0.786. The van der Waals surface area contributed by atoms with E-state index in [4.69, 9.17) is 4.84 Å². The molecule has 0 bridgehead atoms. The Balaban J connectivity index is 1.42. The smallest absolute Gasteiger partial charge is 0.268 e. The first-order valence-corrected chi connectivity index (χ1v) is 8.07. The molecule has 1 amide bonds. The molecular formula is C19H15FN4O2. The van der Waals surface area contributed by atoms with Crippen molar-refractivity contribution in [1.82, 2.24) is 9.55 Å². The standard InChI is InChI=1S/C19H15FN4O2/c20-15-10-14(6-7-17(15)24-9-8-21-12-24)22-19(25)18-11-16(23-26-18)13-4-2-1-3-5-13/h1-10,12,18H,11H2,(H,22,25)/t18-/m1/s1. The van der Waals surface area contributed by atoms with Crippen molar-refractivity contribution in [3.05, 3.63) is 78.6 Å². The van der Waals surface area contributed by atoms with Gasteiger partial charge in [-0.2, -0.15) is 0 Å². The van der Waals surface area contributed by atoms with E-state index in [0.29, 0.717) is 23.5 Å². The van der Waals surface area contributed by atoms with Gasteiger partial charge in [-0.1, -0.05) is 35.5 Å². The lowest BCUT2D eigenvalue weighted by atomic mass is 10.0. The number of nitrogens with zero attached hydrogens (tertiary/aromatic N) is 3. The lowest BCUT2D eigenvalue weighted by molar-refractivity contribution is -0.125. The van der Waals surface area contributed by atoms with Crippen molar-refractivity contribution >= 4 is 17.3 Å². The molecule has 1 atom stereocenters. The summed E-state index contributed by atoms with van der Waals surface area (Å²) in [7, 11) is 0. The molecule has 26 heavy (non-hydrogen) atoms. The maximum atomic E-state index is 14.3. The Labute approximate surface area is 148 Å². The van der Waals surface area contributed by atoms with Gasteiger partial charge in [-0.05, 0) is 23.8 Å². The highest BCUT2D eigenvalue weighted by molar-refractivity contribution is 6.06. The molecule has 0 radical (unpaired) electrons. The molecule has 0 unspecified atom stereocenters. The largest absolute Gasteiger partial charge is 0.382 e. The summed E-state index contributed by atoms with van der Waals surface area (Å²) < 4.78 is 15.8. The summed E-state index contributed by atoms with van der Waals surface area (Å²) in [5.74, 6) is -0.830. The summed E-state index contributed by atoms with van der Waals surface area (Å²) in [6.45, 7) is 0. The topological polar surface area (TPSA) is 68.5 Å². The number of rotatable bonds is 4. The molecule has 1 N–H and O–H groups in total. The van der Waals surface area contributed by atoms with E-state index in [9.17, 15) is 9.18 Å². The Morgan fingerprint density at radius 2 is 2.08 bits per heavy atom. The number of hydrogen-bond donors (Lipinski definition) is 1. The zero-order valence-electron chi connectivity index (χ0n) is 13.7. The van der Waals surface area contributed by atoms with Gasteiger partial charge in [0.15, 0.2) is 0 Å². The third-order valence-corrected chi connectivity index (χ3v) is 4.07. The van der Waals surface area contributed by atoms with Crippen molar-refractivity contribution in [1.29, 1.82) is 0 Å². The fraction of sp³-hybridized carbons (Fsp3) is 0.105. The summed E-state index contributed by atoms with van der Waals surface area (Å²) >= 11 is 0. The number of carbonyl (C=O) groups excluding carboxylic acids is 1. The highest BCUT2D eigenvalue weighted by Crippen LogP contribution is 2.21. The number of imidazole rings is 1. The molecule has 6 nitrogen and oxygen atoms in total. The average Bonchev–Trinajstić information content (AvgIpc) is 3.35. The number of nitrogens with one attached hydrogen (secondary N) is 1. The maximum absolute atomic E-state index is 14.3. The highest BCUT2D eigenvalue weighted by atomic mass is 19.1. The molecule has 0 saturated heterocycles. The third kappa shape index (κ3) is 3.19. The number of halogens is 1. The summed E-state index contributed by atoms with van der Waals surface area (Å²) in [4.78, 5) is 21.5. The zero-order valence-corrected chi connectivity index (χ0v) is 13.7. The van der Waals surface area contributed by atoms with Crippen LogP contribution in [-0.2, 0) is 9.63 Å². The van der Waals surface area contributed by atoms with E-state index in [1.165, 1.54) is 12.4 Å². The second kappa shape index (κ2) is 6.79. The molecular weight excluding hydrogens is 335 g/mol. The molecule has 130 valence electrons. The van der Waals surface area contributed by atoms with Crippen LogP contribution >= 0.6 is 0 Å². The van der Waals surface area contributed by atoms with Crippen LogP contribution in [0.25, 0.3) is 5.69 Å². The third-order valence-electron chi connectivity index (χ3n) is 4.07. The number of amides is 1. The Hall–Kier alpha value is -3.48. The first-order valence-electron chi connectivity index (χ1n) is 8.07. The van der Waals surface area contributed by atoms with Crippen molar-refractivity contribution in [3.8, 4) is 5.69 Å². The zero-order chi connectivity index (χ0) is 17.9. The van der Waals surface area contributed by atoms with Gasteiger partial charge in [0.2, 0.25) is 6.10 Å². The van der Waals surface area contributed by atoms with Crippen molar-refractivity contribution in [3.63, 3.8) is 0 Å². The van der Waals surface area contributed by atoms with E-state index >= 15 is 0 Å². The van der Waals surface area contributed by atoms with Crippen molar-refractivity contribution in [2.45, 2.75) is 12.5 Å². The Bertz CT molecular complexity index is 955. The van der Waals surface area contributed by atoms with Gasteiger partial charge in [-0.3, -0.25) is 4.79 Å². The molecule has 1 aromatic heterocycles. The highest BCUT2D eigenvalue weighted by Gasteiger charge is 2.29. The monoisotopic (exact) mass is 350 g/mol. The SMILES string of the molecule is O=C(Nc1ccc(-n2ccnc2)c(F)c1)[C@H]1CC(c2ccccc2)=NO1. The van der Waals surface area contributed by atoms with Crippen LogP contribution in [0, 0.1) is 5.82 Å². The summed E-state index contributed by atoms with van der Waals surface area (Å²) in [6, 6.07) is 14.0. The van der Waals surface area contributed by atoms with Crippen molar-refractivity contribution in [2.24, 2.45) is 5.16 Å². The lowest BCUT2D eigenvalue weighted by Gasteiger charge is -2.11. The summed E-state index contributed by atoms with van der Waals surface area (Å²) in [5.41, 5.74) is 2.34. The normalized spacial score (nSPS) is 16.0. The summed E-state index contributed by atoms with van der Waals surface area (Å²) in [5, 5.41) is 6.65. The van der Waals surface area contributed by atoms with Gasteiger partial charge in [0.25, 0.3) is 5.91 Å². The lowest BCUT2D eigenvalue weighted by Crippen LogP contribution is -2.28. The Kier molecular flexibility index (Phi) is 4.18. The molecule has 0 aliphatic carbocycles. The minimum absolute atomic E-state index is 0.354. The fourth-order valence-corrected chi connectivity index (χ4v) is 2.74. The van der Waals surface area contributed by atoms with E-state index in [2.05, 4.69) is 15.5 Å². The van der Waals surface area contributed by atoms with E-state index in [-0.39, 0.29) is 5.91 Å². The number of aromatic nitrogens is 2. The predicted octanol–water partition coefficient (Wildman–Crippen LogP) is 3.14. The first kappa shape index (κ1) is 16.0. The molecule has 4 rings (SSSR count). The van der Waals surface area contributed by atoms with Gasteiger partial charge in [0.05, 0.1) is 17.7 Å². The van der Waals surface area contributed by atoms with E-state index in [1.54, 1.807) is 29.1 Å². The molecule has 2 aromatic carbocycles. The van der Waals surface area contributed by atoms with Crippen LogP contribution in [0.2, 0.25) is 0 Å². The minimum Gasteiger partial charge on any atom is -0.382 e. The molecule has 3 aromatic rings. The number of anilines is 1. The van der Waals surface area contributed by atoms with Crippen LogP contribution in [0.4, 0.5) is 10.1 Å². The van der Waals surface area contributed by atoms with Gasteiger partial charge in [0.1, 0.15) is 5.82 Å². The Morgan fingerprint density at radius 3 is 2.81 bits per heavy atom. The molecule has 7 heteroatoms. The molecule has 2 heterocycles. The molecule has 0 spiro atoms. The fourth-order valence-electron chi connectivity index (χ4n) is 2.74. The van der Waals surface area contributed by atoms with Gasteiger partial charge >= 0.3 is 0 Å². The number of hydrogen-bond acceptors (Lipinski definition) is 4. The number of oxime groups is 1. The van der Waals surface area contributed by atoms with Crippen molar-refractivity contribution < 1.29 is 14.0 Å². The first-order chi connectivity index (χ1) is 12.7. The van der Waals surface area contributed by atoms with Gasteiger partial charge in [-0.15, -0.1) is 0 Å². The minimum atomic E-state index is -0.735. The average molecular weight is 350 g/mol.